The molecule has 3 heterocycles. The summed E-state index contributed by atoms with van der Waals surface area (Å²) in [6.45, 7) is 1.18. The average molecular weight is 264 g/mol. The van der Waals surface area contributed by atoms with Crippen molar-refractivity contribution in [3.63, 3.8) is 0 Å². The molecule has 3 nitrogen and oxygen atoms in total. The number of fused-ring (bicyclic) bond motifs is 2. The van der Waals surface area contributed by atoms with Gasteiger partial charge in [0, 0.05) is 24.7 Å². The molecule has 4 aliphatic rings. The molecule has 2 bridgehead atoms. The van der Waals surface area contributed by atoms with Crippen molar-refractivity contribution >= 4 is 0 Å². The Morgan fingerprint density at radius 1 is 1.00 bits per heavy atom. The van der Waals surface area contributed by atoms with Gasteiger partial charge in [0.15, 0.2) is 0 Å². The second-order valence-electron chi connectivity index (χ2n) is 7.48. The van der Waals surface area contributed by atoms with Gasteiger partial charge in [0.25, 0.3) is 0 Å². The van der Waals surface area contributed by atoms with Crippen LogP contribution in [-0.2, 0) is 4.74 Å². The van der Waals surface area contributed by atoms with Crippen molar-refractivity contribution in [3.8, 4) is 0 Å². The zero-order valence-corrected chi connectivity index (χ0v) is 12.0. The van der Waals surface area contributed by atoms with Crippen molar-refractivity contribution < 1.29 is 4.74 Å². The molecule has 0 amide bonds. The van der Waals surface area contributed by atoms with Crippen LogP contribution in [0.3, 0.4) is 0 Å². The van der Waals surface area contributed by atoms with E-state index in [1.165, 1.54) is 70.8 Å². The van der Waals surface area contributed by atoms with E-state index in [1.807, 2.05) is 0 Å². The van der Waals surface area contributed by atoms with E-state index in [1.54, 1.807) is 0 Å². The summed E-state index contributed by atoms with van der Waals surface area (Å²) in [5, 5.41) is 0. The van der Waals surface area contributed by atoms with Crippen LogP contribution in [0.15, 0.2) is 0 Å². The van der Waals surface area contributed by atoms with E-state index in [4.69, 9.17) is 10.5 Å². The maximum Gasteiger partial charge on any atom is 0.0710 e. The molecular formula is C16H28N2O. The van der Waals surface area contributed by atoms with E-state index in [0.29, 0.717) is 17.7 Å². The molecular weight excluding hydrogens is 236 g/mol. The lowest BCUT2D eigenvalue weighted by Crippen LogP contribution is -2.50. The molecule has 3 saturated heterocycles. The summed E-state index contributed by atoms with van der Waals surface area (Å²) in [5.74, 6) is 0. The lowest BCUT2D eigenvalue weighted by Gasteiger charge is -2.39. The SMILES string of the molecule is NC1CC2CCC(C1)N2CC1CCC2(CCCC2)O1. The molecule has 4 rings (SSSR count). The highest BCUT2D eigenvalue weighted by Crippen LogP contribution is 2.44. The smallest absolute Gasteiger partial charge is 0.0710 e. The summed E-state index contributed by atoms with van der Waals surface area (Å²) in [5.41, 5.74) is 6.46. The maximum atomic E-state index is 6.49. The van der Waals surface area contributed by atoms with Crippen LogP contribution in [-0.4, -0.2) is 41.3 Å². The second-order valence-corrected chi connectivity index (χ2v) is 7.48. The first kappa shape index (κ1) is 12.6. The Balaban J connectivity index is 1.38. The van der Waals surface area contributed by atoms with Gasteiger partial charge < -0.3 is 10.5 Å². The molecule has 3 atom stereocenters. The summed E-state index contributed by atoms with van der Waals surface area (Å²) < 4.78 is 6.49. The first-order valence-electron chi connectivity index (χ1n) is 8.43. The molecule has 4 fully saturated rings. The normalized spacial score (nSPS) is 45.3. The fraction of sp³-hybridized carbons (Fsp3) is 1.00. The van der Waals surface area contributed by atoms with Crippen molar-refractivity contribution in [1.29, 1.82) is 0 Å². The topological polar surface area (TPSA) is 38.5 Å². The Labute approximate surface area is 116 Å². The third kappa shape index (κ3) is 2.24. The van der Waals surface area contributed by atoms with Gasteiger partial charge >= 0.3 is 0 Å². The molecule has 1 spiro atoms. The van der Waals surface area contributed by atoms with Gasteiger partial charge in [-0.1, -0.05) is 12.8 Å². The van der Waals surface area contributed by atoms with Crippen LogP contribution in [0.5, 0.6) is 0 Å². The third-order valence-electron chi connectivity index (χ3n) is 6.19. The molecule has 3 heteroatoms. The fourth-order valence-corrected chi connectivity index (χ4v) is 5.26. The van der Waals surface area contributed by atoms with Crippen LogP contribution in [0.2, 0.25) is 0 Å². The Bertz CT molecular complexity index is 326. The van der Waals surface area contributed by atoms with Gasteiger partial charge in [0.2, 0.25) is 0 Å². The minimum Gasteiger partial charge on any atom is -0.370 e. The average Bonchev–Trinajstić information content (AvgIpc) is 3.05. The van der Waals surface area contributed by atoms with Crippen molar-refractivity contribution in [2.75, 3.05) is 6.54 Å². The number of ether oxygens (including phenoxy) is 1. The zero-order chi connectivity index (χ0) is 12.9. The molecule has 3 unspecified atom stereocenters. The number of nitrogens with zero attached hydrogens (tertiary/aromatic N) is 1. The molecule has 3 aliphatic heterocycles. The minimum atomic E-state index is 0.301. The van der Waals surface area contributed by atoms with Crippen molar-refractivity contribution in [2.45, 2.75) is 94.0 Å². The Kier molecular flexibility index (Phi) is 3.13. The predicted molar refractivity (Wildman–Crippen MR) is 76.0 cm³/mol. The lowest BCUT2D eigenvalue weighted by atomic mass is 9.96. The van der Waals surface area contributed by atoms with Crippen molar-refractivity contribution in [2.24, 2.45) is 5.73 Å². The van der Waals surface area contributed by atoms with Gasteiger partial charge in [0.05, 0.1) is 11.7 Å². The standard InChI is InChI=1S/C16H28N2O/c17-12-9-13-3-4-14(10-12)18(13)11-15-5-8-16(19-15)6-1-2-7-16/h12-15H,1-11,17H2. The molecule has 0 radical (unpaired) electrons. The van der Waals surface area contributed by atoms with Gasteiger partial charge in [0.1, 0.15) is 0 Å². The van der Waals surface area contributed by atoms with Crippen LogP contribution in [0, 0.1) is 0 Å². The summed E-state index contributed by atoms with van der Waals surface area (Å²) in [4.78, 5) is 2.75. The van der Waals surface area contributed by atoms with Crippen molar-refractivity contribution in [3.05, 3.63) is 0 Å². The van der Waals surface area contributed by atoms with Gasteiger partial charge in [-0.25, -0.2) is 0 Å². The molecule has 1 saturated carbocycles. The number of hydrogen-bond acceptors (Lipinski definition) is 3. The van der Waals surface area contributed by atoms with E-state index in [2.05, 4.69) is 4.90 Å². The van der Waals surface area contributed by atoms with Crippen LogP contribution < -0.4 is 5.73 Å². The number of rotatable bonds is 2. The number of nitrogens with two attached hydrogens (primary N) is 1. The highest BCUT2D eigenvalue weighted by molar-refractivity contribution is 4.99. The van der Waals surface area contributed by atoms with E-state index < -0.39 is 0 Å². The number of piperidine rings is 1. The monoisotopic (exact) mass is 264 g/mol. The highest BCUT2D eigenvalue weighted by Gasteiger charge is 2.45. The van der Waals surface area contributed by atoms with Gasteiger partial charge in [-0.15, -0.1) is 0 Å². The first-order valence-corrected chi connectivity index (χ1v) is 8.43. The molecule has 0 aromatic heterocycles. The Morgan fingerprint density at radius 3 is 2.37 bits per heavy atom. The Hall–Kier alpha value is -0.120. The Morgan fingerprint density at radius 2 is 1.68 bits per heavy atom. The molecule has 19 heavy (non-hydrogen) atoms. The quantitative estimate of drug-likeness (QED) is 0.832. The van der Waals surface area contributed by atoms with Gasteiger partial charge in [-0.2, -0.15) is 0 Å². The van der Waals surface area contributed by atoms with E-state index >= 15 is 0 Å². The molecule has 2 N–H and O–H groups in total. The van der Waals surface area contributed by atoms with Crippen LogP contribution in [0.4, 0.5) is 0 Å². The van der Waals surface area contributed by atoms with Crippen molar-refractivity contribution in [1.82, 2.24) is 4.90 Å². The summed E-state index contributed by atoms with van der Waals surface area (Å²) in [6.07, 6.45) is 13.7. The zero-order valence-electron chi connectivity index (χ0n) is 12.0. The predicted octanol–water partition coefficient (Wildman–Crippen LogP) is 2.43. The van der Waals surface area contributed by atoms with E-state index in [-0.39, 0.29) is 0 Å². The maximum absolute atomic E-state index is 6.49. The van der Waals surface area contributed by atoms with Crippen LogP contribution >= 0.6 is 0 Å². The van der Waals surface area contributed by atoms with Crippen LogP contribution in [0.1, 0.15) is 64.2 Å². The van der Waals surface area contributed by atoms with Gasteiger partial charge in [-0.05, 0) is 51.4 Å². The highest BCUT2D eigenvalue weighted by atomic mass is 16.5. The molecule has 0 aromatic rings. The fourth-order valence-electron chi connectivity index (χ4n) is 5.26. The van der Waals surface area contributed by atoms with Gasteiger partial charge in [-0.3, -0.25) is 4.90 Å². The summed E-state index contributed by atoms with van der Waals surface area (Å²) in [7, 11) is 0. The van der Waals surface area contributed by atoms with E-state index in [0.717, 1.165) is 12.1 Å². The second kappa shape index (κ2) is 4.71. The molecule has 108 valence electrons. The molecule has 0 aromatic carbocycles. The summed E-state index contributed by atoms with van der Waals surface area (Å²) in [6, 6.07) is 1.98. The first-order chi connectivity index (χ1) is 9.24. The largest absolute Gasteiger partial charge is 0.370 e. The third-order valence-corrected chi connectivity index (χ3v) is 6.19. The summed E-state index contributed by atoms with van der Waals surface area (Å²) >= 11 is 0. The number of hydrogen-bond donors (Lipinski definition) is 1. The van der Waals surface area contributed by atoms with Crippen LogP contribution in [0.25, 0.3) is 0 Å². The minimum absolute atomic E-state index is 0.301. The molecule has 1 aliphatic carbocycles. The van der Waals surface area contributed by atoms with E-state index in [9.17, 15) is 0 Å². The lowest BCUT2D eigenvalue weighted by molar-refractivity contribution is -0.0560.